The molecule has 0 fully saturated rings. The van der Waals surface area contributed by atoms with Crippen LogP contribution < -0.4 is 9.47 Å². The molecule has 0 amide bonds. The second-order valence-electron chi connectivity index (χ2n) is 4.90. The zero-order valence-corrected chi connectivity index (χ0v) is 11.9. The lowest BCUT2D eigenvalue weighted by Gasteiger charge is -2.29. The Balaban J connectivity index is 1.72. The minimum atomic E-state index is -0.836. The molecule has 2 aromatic carbocycles. The summed E-state index contributed by atoms with van der Waals surface area (Å²) in [6.07, 6.45) is -1.15. The third kappa shape index (κ3) is 2.96. The van der Waals surface area contributed by atoms with E-state index in [9.17, 15) is 9.50 Å². The van der Waals surface area contributed by atoms with Crippen LogP contribution in [0.4, 0.5) is 4.39 Å². The highest BCUT2D eigenvalue weighted by Crippen LogP contribution is 2.32. The zero-order chi connectivity index (χ0) is 14.8. The summed E-state index contributed by atoms with van der Waals surface area (Å²) in [7, 11) is 0. The first kappa shape index (κ1) is 14.2. The largest absolute Gasteiger partial charge is 0.486 e. The predicted octanol–water partition coefficient (Wildman–Crippen LogP) is 3.22. The first-order chi connectivity index (χ1) is 10.1. The molecule has 21 heavy (non-hydrogen) atoms. The SMILES string of the molecule is OC(Cc1cccc(F)c1Cl)C1COc2ccccc2O1. The standard InChI is InChI=1S/C16H14ClFO3/c17-16-10(4-3-5-11(16)18)8-12(19)15-9-20-13-6-1-2-7-14(13)21-15/h1-7,12,15,19H,8-9H2. The highest BCUT2D eigenvalue weighted by Gasteiger charge is 2.28. The number of hydrogen-bond acceptors (Lipinski definition) is 3. The van der Waals surface area contributed by atoms with Crippen LogP contribution in [0, 0.1) is 5.82 Å². The van der Waals surface area contributed by atoms with Crippen LogP contribution in [0.3, 0.4) is 0 Å². The Labute approximate surface area is 126 Å². The Morgan fingerprint density at radius 1 is 1.19 bits per heavy atom. The number of halogens is 2. The van der Waals surface area contributed by atoms with Gasteiger partial charge in [-0.3, -0.25) is 0 Å². The highest BCUT2D eigenvalue weighted by atomic mass is 35.5. The number of aliphatic hydroxyl groups is 1. The molecule has 0 radical (unpaired) electrons. The molecule has 0 saturated heterocycles. The van der Waals surface area contributed by atoms with E-state index in [-0.39, 0.29) is 18.1 Å². The van der Waals surface area contributed by atoms with Gasteiger partial charge in [0.15, 0.2) is 17.6 Å². The number of fused-ring (bicyclic) bond motifs is 1. The molecule has 5 heteroatoms. The van der Waals surface area contributed by atoms with Crippen molar-refractivity contribution in [1.29, 1.82) is 0 Å². The van der Waals surface area contributed by atoms with Crippen molar-refractivity contribution < 1.29 is 19.0 Å². The first-order valence-electron chi connectivity index (χ1n) is 6.64. The maximum atomic E-state index is 13.4. The van der Waals surface area contributed by atoms with Crippen molar-refractivity contribution in [2.75, 3.05) is 6.61 Å². The molecule has 0 spiro atoms. The van der Waals surface area contributed by atoms with Gasteiger partial charge < -0.3 is 14.6 Å². The Bertz CT molecular complexity index is 647. The van der Waals surface area contributed by atoms with Crippen molar-refractivity contribution in [2.45, 2.75) is 18.6 Å². The van der Waals surface area contributed by atoms with Crippen LogP contribution in [0.1, 0.15) is 5.56 Å². The van der Waals surface area contributed by atoms with Crippen LogP contribution in [0.25, 0.3) is 0 Å². The minimum absolute atomic E-state index is 0.0358. The molecular weight excluding hydrogens is 295 g/mol. The molecule has 3 rings (SSSR count). The van der Waals surface area contributed by atoms with E-state index in [2.05, 4.69) is 0 Å². The fraction of sp³-hybridized carbons (Fsp3) is 0.250. The fourth-order valence-electron chi connectivity index (χ4n) is 2.29. The van der Waals surface area contributed by atoms with E-state index in [0.29, 0.717) is 17.1 Å². The molecule has 0 aromatic heterocycles. The molecule has 2 unspecified atom stereocenters. The quantitative estimate of drug-likeness (QED) is 0.946. The van der Waals surface area contributed by atoms with Crippen molar-refractivity contribution in [2.24, 2.45) is 0 Å². The van der Waals surface area contributed by atoms with Crippen molar-refractivity contribution in [3.8, 4) is 11.5 Å². The number of aliphatic hydroxyl groups excluding tert-OH is 1. The lowest BCUT2D eigenvalue weighted by atomic mass is 10.0. The summed E-state index contributed by atoms with van der Waals surface area (Å²) in [5.74, 6) is 0.760. The van der Waals surface area contributed by atoms with Gasteiger partial charge in [0.1, 0.15) is 12.4 Å². The molecule has 0 bridgehead atoms. The Kier molecular flexibility index (Phi) is 3.99. The molecule has 110 valence electrons. The van der Waals surface area contributed by atoms with Crippen molar-refractivity contribution >= 4 is 11.6 Å². The monoisotopic (exact) mass is 308 g/mol. The van der Waals surface area contributed by atoms with Crippen LogP contribution in [-0.2, 0) is 6.42 Å². The van der Waals surface area contributed by atoms with Crippen LogP contribution in [0.2, 0.25) is 5.02 Å². The van der Waals surface area contributed by atoms with Crippen LogP contribution >= 0.6 is 11.6 Å². The Morgan fingerprint density at radius 2 is 1.95 bits per heavy atom. The average Bonchev–Trinajstić information content (AvgIpc) is 2.51. The van der Waals surface area contributed by atoms with Gasteiger partial charge in [0.25, 0.3) is 0 Å². The van der Waals surface area contributed by atoms with E-state index in [1.807, 2.05) is 12.1 Å². The smallest absolute Gasteiger partial charge is 0.161 e. The van der Waals surface area contributed by atoms with Gasteiger partial charge in [0.2, 0.25) is 0 Å². The lowest BCUT2D eigenvalue weighted by Crippen LogP contribution is -2.40. The third-order valence-corrected chi connectivity index (χ3v) is 3.84. The fourth-order valence-corrected chi connectivity index (χ4v) is 2.49. The third-order valence-electron chi connectivity index (χ3n) is 3.42. The first-order valence-corrected chi connectivity index (χ1v) is 7.02. The van der Waals surface area contributed by atoms with Gasteiger partial charge in [-0.05, 0) is 23.8 Å². The Hall–Kier alpha value is -1.78. The van der Waals surface area contributed by atoms with Crippen LogP contribution in [-0.4, -0.2) is 23.9 Å². The summed E-state index contributed by atoms with van der Waals surface area (Å²) in [5, 5.41) is 10.3. The van der Waals surface area contributed by atoms with Gasteiger partial charge in [0.05, 0.1) is 11.1 Å². The number of benzene rings is 2. The summed E-state index contributed by atoms with van der Waals surface area (Å²) in [4.78, 5) is 0. The predicted molar refractivity (Wildman–Crippen MR) is 77.5 cm³/mol. The van der Waals surface area contributed by atoms with E-state index in [1.54, 1.807) is 24.3 Å². The highest BCUT2D eigenvalue weighted by molar-refractivity contribution is 6.31. The van der Waals surface area contributed by atoms with Gasteiger partial charge in [0, 0.05) is 6.42 Å². The van der Waals surface area contributed by atoms with E-state index in [4.69, 9.17) is 21.1 Å². The van der Waals surface area contributed by atoms with Gasteiger partial charge in [-0.2, -0.15) is 0 Å². The molecule has 1 aliphatic heterocycles. The van der Waals surface area contributed by atoms with Crippen LogP contribution in [0.5, 0.6) is 11.5 Å². The van der Waals surface area contributed by atoms with Crippen LogP contribution in [0.15, 0.2) is 42.5 Å². The molecule has 2 atom stereocenters. The molecule has 1 aliphatic rings. The van der Waals surface area contributed by atoms with Gasteiger partial charge in [-0.15, -0.1) is 0 Å². The van der Waals surface area contributed by atoms with Gasteiger partial charge in [-0.1, -0.05) is 35.9 Å². The van der Waals surface area contributed by atoms with E-state index in [1.165, 1.54) is 6.07 Å². The molecule has 1 heterocycles. The number of ether oxygens (including phenoxy) is 2. The van der Waals surface area contributed by atoms with Crippen molar-refractivity contribution in [1.82, 2.24) is 0 Å². The molecule has 3 nitrogen and oxygen atoms in total. The number of para-hydroxylation sites is 2. The summed E-state index contributed by atoms with van der Waals surface area (Å²) in [5.41, 5.74) is 0.548. The van der Waals surface area contributed by atoms with E-state index >= 15 is 0 Å². The zero-order valence-electron chi connectivity index (χ0n) is 11.1. The maximum Gasteiger partial charge on any atom is 0.161 e. The molecule has 2 aromatic rings. The lowest BCUT2D eigenvalue weighted by molar-refractivity contribution is -0.00942. The molecular formula is C16H14ClFO3. The summed E-state index contributed by atoms with van der Waals surface area (Å²) < 4.78 is 24.7. The summed E-state index contributed by atoms with van der Waals surface area (Å²) in [6, 6.07) is 11.8. The van der Waals surface area contributed by atoms with Crippen molar-refractivity contribution in [3.63, 3.8) is 0 Å². The second kappa shape index (κ2) is 5.92. The number of rotatable bonds is 3. The minimum Gasteiger partial charge on any atom is -0.486 e. The van der Waals surface area contributed by atoms with E-state index in [0.717, 1.165) is 0 Å². The second-order valence-corrected chi connectivity index (χ2v) is 5.28. The van der Waals surface area contributed by atoms with Gasteiger partial charge in [-0.25, -0.2) is 4.39 Å². The summed E-state index contributed by atoms with van der Waals surface area (Å²) >= 11 is 5.90. The Morgan fingerprint density at radius 3 is 2.76 bits per heavy atom. The molecule has 0 aliphatic carbocycles. The molecule has 1 N–H and O–H groups in total. The maximum absolute atomic E-state index is 13.4. The number of hydrogen-bond donors (Lipinski definition) is 1. The van der Waals surface area contributed by atoms with E-state index < -0.39 is 18.0 Å². The van der Waals surface area contributed by atoms with Gasteiger partial charge >= 0.3 is 0 Å². The normalized spacial score (nSPS) is 18.3. The topological polar surface area (TPSA) is 38.7 Å². The average molecular weight is 309 g/mol. The molecule has 0 saturated carbocycles. The van der Waals surface area contributed by atoms with Crippen molar-refractivity contribution in [3.05, 3.63) is 58.9 Å². The summed E-state index contributed by atoms with van der Waals surface area (Å²) in [6.45, 7) is 0.241.